The summed E-state index contributed by atoms with van der Waals surface area (Å²) in [7, 11) is 3.34. The van der Waals surface area contributed by atoms with Crippen molar-refractivity contribution < 1.29 is 9.47 Å². The van der Waals surface area contributed by atoms with Gasteiger partial charge in [-0.3, -0.25) is 0 Å². The van der Waals surface area contributed by atoms with Gasteiger partial charge in [0.1, 0.15) is 5.75 Å². The lowest BCUT2D eigenvalue weighted by Gasteiger charge is -2.13. The Morgan fingerprint density at radius 1 is 1.29 bits per heavy atom. The molecule has 21 heavy (non-hydrogen) atoms. The fourth-order valence-corrected chi connectivity index (χ4v) is 2.86. The number of ether oxygens (including phenoxy) is 2. The SMILES string of the molecule is COc1ccc(-c2nnnn2C2CCC(OC)C2)cc1N. The summed E-state index contributed by atoms with van der Waals surface area (Å²) in [5.74, 6) is 1.38. The minimum Gasteiger partial charge on any atom is -0.495 e. The summed E-state index contributed by atoms with van der Waals surface area (Å²) < 4.78 is 12.5. The smallest absolute Gasteiger partial charge is 0.182 e. The van der Waals surface area contributed by atoms with Crippen LogP contribution in [0.1, 0.15) is 25.3 Å². The number of nitrogens with two attached hydrogens (primary N) is 1. The van der Waals surface area contributed by atoms with Crippen molar-refractivity contribution in [2.24, 2.45) is 0 Å². The van der Waals surface area contributed by atoms with Crippen LogP contribution in [0.3, 0.4) is 0 Å². The topological polar surface area (TPSA) is 88.1 Å². The second-order valence-corrected chi connectivity index (χ2v) is 5.23. The molecule has 2 aromatic rings. The summed E-state index contributed by atoms with van der Waals surface area (Å²) in [6, 6.07) is 5.85. The van der Waals surface area contributed by atoms with Crippen molar-refractivity contribution in [3.63, 3.8) is 0 Å². The van der Waals surface area contributed by atoms with Gasteiger partial charge in [-0.2, -0.15) is 0 Å². The Kier molecular flexibility index (Phi) is 3.74. The molecule has 1 heterocycles. The molecule has 7 heteroatoms. The van der Waals surface area contributed by atoms with E-state index in [0.29, 0.717) is 11.4 Å². The van der Waals surface area contributed by atoms with Crippen LogP contribution in [0.2, 0.25) is 0 Å². The number of methoxy groups -OCH3 is 2. The molecule has 2 N–H and O–H groups in total. The predicted octanol–water partition coefficient (Wildman–Crippen LogP) is 1.67. The number of aromatic nitrogens is 4. The van der Waals surface area contributed by atoms with Crippen molar-refractivity contribution in [1.29, 1.82) is 0 Å². The van der Waals surface area contributed by atoms with Crippen LogP contribution in [0, 0.1) is 0 Å². The molecule has 1 aliphatic rings. The van der Waals surface area contributed by atoms with Crippen LogP contribution in [-0.2, 0) is 4.74 Å². The van der Waals surface area contributed by atoms with Crippen LogP contribution in [0.15, 0.2) is 18.2 Å². The molecule has 2 unspecified atom stereocenters. The lowest BCUT2D eigenvalue weighted by Crippen LogP contribution is -2.11. The highest BCUT2D eigenvalue weighted by molar-refractivity contribution is 5.66. The van der Waals surface area contributed by atoms with E-state index in [1.54, 1.807) is 14.2 Å². The van der Waals surface area contributed by atoms with Crippen LogP contribution in [0.5, 0.6) is 5.75 Å². The number of rotatable bonds is 4. The molecular weight excluding hydrogens is 270 g/mol. The first-order chi connectivity index (χ1) is 10.2. The summed E-state index contributed by atoms with van der Waals surface area (Å²) >= 11 is 0. The van der Waals surface area contributed by atoms with Gasteiger partial charge in [-0.15, -0.1) is 5.10 Å². The highest BCUT2D eigenvalue weighted by atomic mass is 16.5. The number of tetrazole rings is 1. The van der Waals surface area contributed by atoms with Crippen molar-refractivity contribution in [2.45, 2.75) is 31.4 Å². The summed E-state index contributed by atoms with van der Waals surface area (Å²) in [5, 5.41) is 12.1. The van der Waals surface area contributed by atoms with E-state index in [9.17, 15) is 0 Å². The third kappa shape index (κ3) is 2.56. The molecule has 1 fully saturated rings. The van der Waals surface area contributed by atoms with E-state index in [0.717, 1.165) is 30.7 Å². The molecule has 112 valence electrons. The first-order valence-electron chi connectivity index (χ1n) is 6.97. The highest BCUT2D eigenvalue weighted by Crippen LogP contribution is 2.34. The van der Waals surface area contributed by atoms with Gasteiger partial charge in [-0.05, 0) is 47.9 Å². The largest absolute Gasteiger partial charge is 0.495 e. The molecule has 0 aliphatic heterocycles. The van der Waals surface area contributed by atoms with Crippen LogP contribution < -0.4 is 10.5 Å². The zero-order chi connectivity index (χ0) is 14.8. The van der Waals surface area contributed by atoms with Gasteiger partial charge < -0.3 is 15.2 Å². The molecular formula is C14H19N5O2. The van der Waals surface area contributed by atoms with Gasteiger partial charge >= 0.3 is 0 Å². The molecule has 0 saturated heterocycles. The van der Waals surface area contributed by atoms with Crippen molar-refractivity contribution >= 4 is 5.69 Å². The Morgan fingerprint density at radius 2 is 2.14 bits per heavy atom. The third-order valence-electron chi connectivity index (χ3n) is 4.02. The molecule has 0 amide bonds. The van der Waals surface area contributed by atoms with E-state index < -0.39 is 0 Å². The van der Waals surface area contributed by atoms with Gasteiger partial charge in [0.15, 0.2) is 5.82 Å². The number of hydrogen-bond acceptors (Lipinski definition) is 6. The molecule has 1 aromatic heterocycles. The lowest BCUT2D eigenvalue weighted by molar-refractivity contribution is 0.105. The summed E-state index contributed by atoms with van der Waals surface area (Å²) in [6.45, 7) is 0. The molecule has 2 atom stereocenters. The van der Waals surface area contributed by atoms with Gasteiger partial charge in [0.05, 0.1) is 24.9 Å². The Hall–Kier alpha value is -2.15. The van der Waals surface area contributed by atoms with Crippen LogP contribution in [0.4, 0.5) is 5.69 Å². The fourth-order valence-electron chi connectivity index (χ4n) is 2.86. The molecule has 1 aromatic carbocycles. The van der Waals surface area contributed by atoms with Crippen molar-refractivity contribution in [2.75, 3.05) is 20.0 Å². The number of benzene rings is 1. The molecule has 0 bridgehead atoms. The normalized spacial score (nSPS) is 21.6. The van der Waals surface area contributed by atoms with Gasteiger partial charge in [0.25, 0.3) is 0 Å². The summed E-state index contributed by atoms with van der Waals surface area (Å²) in [4.78, 5) is 0. The van der Waals surface area contributed by atoms with E-state index in [2.05, 4.69) is 15.5 Å². The monoisotopic (exact) mass is 289 g/mol. The van der Waals surface area contributed by atoms with Crippen LogP contribution in [0.25, 0.3) is 11.4 Å². The Balaban J connectivity index is 1.90. The van der Waals surface area contributed by atoms with E-state index in [-0.39, 0.29) is 12.1 Å². The van der Waals surface area contributed by atoms with Gasteiger partial charge in [0.2, 0.25) is 0 Å². The van der Waals surface area contributed by atoms with Crippen molar-refractivity contribution in [3.8, 4) is 17.1 Å². The average Bonchev–Trinajstić information content (AvgIpc) is 3.15. The van der Waals surface area contributed by atoms with Gasteiger partial charge in [-0.25, -0.2) is 4.68 Å². The minimum atomic E-state index is 0.267. The second-order valence-electron chi connectivity index (χ2n) is 5.23. The number of nitrogens with zero attached hydrogens (tertiary/aromatic N) is 4. The summed E-state index contributed by atoms with van der Waals surface area (Å²) in [6.07, 6.45) is 3.26. The minimum absolute atomic E-state index is 0.267. The molecule has 7 nitrogen and oxygen atoms in total. The first-order valence-corrected chi connectivity index (χ1v) is 6.97. The standard InChI is InChI=1S/C14H19N5O2/c1-20-11-5-4-10(8-11)19-14(16-17-18-19)9-3-6-13(21-2)12(15)7-9/h3,6-7,10-11H,4-5,8,15H2,1-2H3. The maximum absolute atomic E-state index is 5.96. The highest BCUT2D eigenvalue weighted by Gasteiger charge is 2.29. The number of hydrogen-bond donors (Lipinski definition) is 1. The molecule has 3 rings (SSSR count). The zero-order valence-electron chi connectivity index (χ0n) is 12.2. The van der Waals surface area contributed by atoms with E-state index in [1.165, 1.54) is 0 Å². The average molecular weight is 289 g/mol. The van der Waals surface area contributed by atoms with Crippen molar-refractivity contribution in [3.05, 3.63) is 18.2 Å². The Morgan fingerprint density at radius 3 is 2.81 bits per heavy atom. The van der Waals surface area contributed by atoms with E-state index in [4.69, 9.17) is 15.2 Å². The fraction of sp³-hybridized carbons (Fsp3) is 0.500. The third-order valence-corrected chi connectivity index (χ3v) is 4.02. The Bertz CT molecular complexity index is 628. The van der Waals surface area contributed by atoms with Crippen LogP contribution >= 0.6 is 0 Å². The number of anilines is 1. The summed E-state index contributed by atoms with van der Waals surface area (Å²) in [5.41, 5.74) is 7.43. The maximum Gasteiger partial charge on any atom is 0.182 e. The molecule has 1 aliphatic carbocycles. The maximum atomic E-state index is 5.96. The molecule has 1 saturated carbocycles. The molecule has 0 spiro atoms. The number of nitrogen functional groups attached to an aromatic ring is 1. The van der Waals surface area contributed by atoms with Gasteiger partial charge in [0, 0.05) is 12.7 Å². The van der Waals surface area contributed by atoms with E-state index >= 15 is 0 Å². The van der Waals surface area contributed by atoms with Crippen molar-refractivity contribution in [1.82, 2.24) is 20.2 Å². The quantitative estimate of drug-likeness (QED) is 0.861. The first kappa shape index (κ1) is 13.8. The van der Waals surface area contributed by atoms with Crippen LogP contribution in [-0.4, -0.2) is 40.5 Å². The lowest BCUT2D eigenvalue weighted by atomic mass is 10.1. The predicted molar refractivity (Wildman–Crippen MR) is 77.9 cm³/mol. The van der Waals surface area contributed by atoms with E-state index in [1.807, 2.05) is 22.9 Å². The zero-order valence-corrected chi connectivity index (χ0v) is 12.2. The van der Waals surface area contributed by atoms with Gasteiger partial charge in [-0.1, -0.05) is 0 Å². The Labute approximate surface area is 123 Å². The second kappa shape index (κ2) is 5.69. The molecule has 0 radical (unpaired) electrons.